The Bertz CT molecular complexity index is 339. The summed E-state index contributed by atoms with van der Waals surface area (Å²) in [6.07, 6.45) is 18.9. The van der Waals surface area contributed by atoms with Gasteiger partial charge in [0.1, 0.15) is 0 Å². The zero-order valence-electron chi connectivity index (χ0n) is 16.3. The number of hydrogen-bond acceptors (Lipinski definition) is 0. The van der Waals surface area contributed by atoms with Gasteiger partial charge in [-0.3, -0.25) is 0 Å². The van der Waals surface area contributed by atoms with Crippen molar-refractivity contribution in [3.05, 3.63) is 39.2 Å². The van der Waals surface area contributed by atoms with Crippen LogP contribution in [-0.2, 0) is 20.8 Å². The second kappa shape index (κ2) is 18.9. The van der Waals surface area contributed by atoms with Crippen LogP contribution in [0.5, 0.6) is 0 Å². The van der Waals surface area contributed by atoms with E-state index in [0.717, 1.165) is 23.7 Å². The van der Waals surface area contributed by atoms with Gasteiger partial charge in [-0.05, 0) is 24.2 Å². The minimum atomic E-state index is -0.826. The molecule has 0 radical (unpaired) electrons. The van der Waals surface area contributed by atoms with Crippen LogP contribution in [-0.4, -0.2) is 6.13 Å². The molecule has 3 aliphatic carbocycles. The van der Waals surface area contributed by atoms with E-state index in [0.29, 0.717) is 0 Å². The van der Waals surface area contributed by atoms with Crippen LogP contribution >= 0.6 is 28.5 Å². The molecule has 0 bridgehead atoms. The molecule has 3 rings (SSSR count). The van der Waals surface area contributed by atoms with E-state index in [9.17, 15) is 0 Å². The van der Waals surface area contributed by atoms with Crippen LogP contribution in [0.25, 0.3) is 0 Å². The van der Waals surface area contributed by atoms with E-state index >= 15 is 0 Å². The summed E-state index contributed by atoms with van der Waals surface area (Å²) < 4.78 is 0. The SMILES string of the molecule is C1CCCC1.C[BH-](Cl)CC1C(C)CC2C=CC=CC21.[CH3-].[CH3-].[Cl-].[Cl][Zr+2][Cl]. The van der Waals surface area contributed by atoms with Gasteiger partial charge in [-0.1, -0.05) is 69.2 Å². The van der Waals surface area contributed by atoms with Gasteiger partial charge in [0, 0.05) is 0 Å². The summed E-state index contributed by atoms with van der Waals surface area (Å²) in [7, 11) is 9.87. The number of hydrogen-bond donors (Lipinski definition) is 0. The first-order valence-electron chi connectivity index (χ1n) is 8.82. The Hall–Kier alpha value is 1.59. The van der Waals surface area contributed by atoms with Crippen LogP contribution in [0, 0.1) is 38.5 Å². The third-order valence-electron chi connectivity index (χ3n) is 5.15. The number of halogens is 4. The Kier molecular flexibility index (Phi) is 23.7. The van der Waals surface area contributed by atoms with Crippen LogP contribution in [0.3, 0.4) is 0 Å². The van der Waals surface area contributed by atoms with E-state index in [1.165, 1.54) is 44.8 Å². The molecule has 148 valence electrons. The van der Waals surface area contributed by atoms with E-state index in [-0.39, 0.29) is 27.3 Å². The van der Waals surface area contributed by atoms with Crippen molar-refractivity contribution in [2.24, 2.45) is 23.7 Å². The summed E-state index contributed by atoms with van der Waals surface area (Å²) in [6, 6.07) is 0. The number of rotatable bonds is 2. The van der Waals surface area contributed by atoms with Crippen molar-refractivity contribution in [1.29, 1.82) is 0 Å². The van der Waals surface area contributed by atoms with Gasteiger partial charge < -0.3 is 38.7 Å². The van der Waals surface area contributed by atoms with Crippen molar-refractivity contribution in [3.63, 3.8) is 0 Å². The first-order chi connectivity index (χ1) is 10.6. The normalized spacial score (nSPS) is 29.0. The monoisotopic (exact) mass is 504 g/mol. The molecule has 0 nitrogen and oxygen atoms in total. The molecule has 0 aromatic carbocycles. The quantitative estimate of drug-likeness (QED) is 0.372. The van der Waals surface area contributed by atoms with Gasteiger partial charge in [0.25, 0.3) is 0 Å². The Morgan fingerprint density at radius 1 is 1.00 bits per heavy atom. The molecule has 25 heavy (non-hydrogen) atoms. The summed E-state index contributed by atoms with van der Waals surface area (Å²) in [5.74, 6) is 3.27. The molecule has 0 spiro atoms. The molecule has 0 aliphatic heterocycles. The first-order valence-corrected chi connectivity index (χ1v) is 15.7. The molecule has 6 heteroatoms. The Labute approximate surface area is 188 Å². The van der Waals surface area contributed by atoms with Crippen molar-refractivity contribution in [3.8, 4) is 0 Å². The fourth-order valence-electron chi connectivity index (χ4n) is 4.17. The molecule has 5 atom stereocenters. The second-order valence-corrected chi connectivity index (χ2v) is 11.6. The van der Waals surface area contributed by atoms with E-state index in [1.54, 1.807) is 0 Å². The van der Waals surface area contributed by atoms with Gasteiger partial charge in [-0.15, -0.1) is 0 Å². The Balaban J connectivity index is -0.000000375. The van der Waals surface area contributed by atoms with E-state index in [1.807, 2.05) is 0 Å². The average molecular weight is 507 g/mol. The van der Waals surface area contributed by atoms with Gasteiger partial charge in [0.15, 0.2) is 0 Å². The molecular weight excluding hydrogens is 472 g/mol. The van der Waals surface area contributed by atoms with E-state index < -0.39 is 27.0 Å². The first kappa shape index (κ1) is 31.3. The Morgan fingerprint density at radius 2 is 1.44 bits per heavy atom. The van der Waals surface area contributed by atoms with Crippen molar-refractivity contribution < 1.29 is 33.3 Å². The Morgan fingerprint density at radius 3 is 1.88 bits per heavy atom. The molecule has 0 heterocycles. The minimum absolute atomic E-state index is 0. The summed E-state index contributed by atoms with van der Waals surface area (Å²) in [4.78, 5) is 0. The topological polar surface area (TPSA) is 0 Å². The van der Waals surface area contributed by atoms with Crippen molar-refractivity contribution in [2.45, 2.75) is 58.6 Å². The van der Waals surface area contributed by atoms with Crippen LogP contribution in [0.15, 0.2) is 24.3 Å². The zero-order valence-corrected chi connectivity index (χ0v) is 21.8. The predicted octanol–water partition coefficient (Wildman–Crippen LogP) is 4.82. The fourth-order valence-corrected chi connectivity index (χ4v) is 4.42. The molecule has 0 aromatic rings. The average Bonchev–Trinajstić information content (AvgIpc) is 3.13. The third-order valence-corrected chi connectivity index (χ3v) is 5.37. The van der Waals surface area contributed by atoms with Crippen LogP contribution in [0.1, 0.15) is 45.4 Å². The summed E-state index contributed by atoms with van der Waals surface area (Å²) in [5.41, 5.74) is 0. The van der Waals surface area contributed by atoms with E-state index in [4.69, 9.17) is 28.5 Å². The number of allylic oxidation sites excluding steroid dienone is 4. The summed E-state index contributed by atoms with van der Waals surface area (Å²) >= 11 is 5.37. The molecule has 0 aromatic heterocycles. The summed E-state index contributed by atoms with van der Waals surface area (Å²) in [5, 5.41) is 0. The van der Waals surface area contributed by atoms with Crippen LogP contribution in [0.4, 0.5) is 0 Å². The maximum absolute atomic E-state index is 6.20. The molecule has 0 N–H and O–H groups in total. The van der Waals surface area contributed by atoms with Crippen molar-refractivity contribution >= 4 is 34.6 Å². The molecule has 3 aliphatic rings. The molecule has 2 saturated carbocycles. The van der Waals surface area contributed by atoms with Gasteiger partial charge in [0.2, 0.25) is 0 Å². The maximum atomic E-state index is 6.20. The predicted molar refractivity (Wildman–Crippen MR) is 114 cm³/mol. The van der Waals surface area contributed by atoms with E-state index in [2.05, 4.69) is 38.1 Å². The van der Waals surface area contributed by atoms with Gasteiger partial charge >= 0.3 is 37.9 Å². The molecular formula is C19H35BCl4Zr-2. The zero-order chi connectivity index (χ0) is 16.4. The molecule has 0 amide bonds. The third kappa shape index (κ3) is 12.6. The van der Waals surface area contributed by atoms with Crippen LogP contribution in [0.2, 0.25) is 13.1 Å². The van der Waals surface area contributed by atoms with Crippen molar-refractivity contribution in [2.75, 3.05) is 0 Å². The van der Waals surface area contributed by atoms with Gasteiger partial charge in [0.05, 0.1) is 6.13 Å². The second-order valence-electron chi connectivity index (χ2n) is 6.97. The van der Waals surface area contributed by atoms with Crippen LogP contribution < -0.4 is 12.4 Å². The molecule has 0 saturated heterocycles. The standard InChI is InChI=1S/C12H19BCl.C5H10.2CH3.3ClH.Zr/c1-9-7-10-5-3-4-6-11(10)12(9)8-13(2)14;1-2-4-5-3-1;;;;;;/h3-6,9-13H,7-8H2,1-2H3;1-5H2;2*1H3;3*1H;/q-1;;2*-1;;;;+4/p-3. The van der Waals surface area contributed by atoms with Gasteiger partial charge in [-0.2, -0.15) is 13.1 Å². The molecule has 5 unspecified atom stereocenters. The fraction of sp³-hybridized carbons (Fsp3) is 0.684. The van der Waals surface area contributed by atoms with Crippen molar-refractivity contribution in [1.82, 2.24) is 0 Å². The summed E-state index contributed by atoms with van der Waals surface area (Å²) in [6.45, 7) is 4.59. The number of fused-ring (bicyclic) bond motifs is 1. The van der Waals surface area contributed by atoms with Gasteiger partial charge in [-0.25, -0.2) is 0 Å². The molecule has 2 fully saturated rings.